The van der Waals surface area contributed by atoms with Crippen LogP contribution in [0.15, 0.2) is 42.5 Å². The van der Waals surface area contributed by atoms with Gasteiger partial charge in [0.15, 0.2) is 5.60 Å². The number of carbonyl (C=O) groups is 1. The number of ether oxygens (including phenoxy) is 1. The third kappa shape index (κ3) is 1.25. The number of rotatable bonds is 1. The van der Waals surface area contributed by atoms with E-state index in [4.69, 9.17) is 4.74 Å². The van der Waals surface area contributed by atoms with Gasteiger partial charge >= 0.3 is 5.97 Å². The van der Waals surface area contributed by atoms with Gasteiger partial charge in [-0.2, -0.15) is 0 Å². The minimum Gasteiger partial charge on any atom is -0.467 e. The fourth-order valence-electron chi connectivity index (χ4n) is 2.97. The van der Waals surface area contributed by atoms with Crippen LogP contribution in [0.25, 0.3) is 5.57 Å². The lowest BCUT2D eigenvalue weighted by molar-refractivity contribution is -0.167. The molecule has 0 aliphatic heterocycles. The molecule has 18 heavy (non-hydrogen) atoms. The zero-order valence-electron chi connectivity index (χ0n) is 10.1. The van der Waals surface area contributed by atoms with Crippen LogP contribution in [0.3, 0.4) is 0 Å². The van der Waals surface area contributed by atoms with E-state index in [1.165, 1.54) is 7.11 Å². The van der Waals surface area contributed by atoms with Crippen LogP contribution < -0.4 is 0 Å². The first-order valence-corrected chi connectivity index (χ1v) is 5.97. The number of aliphatic hydroxyl groups is 1. The maximum atomic E-state index is 12.0. The van der Waals surface area contributed by atoms with Crippen LogP contribution in [0.5, 0.6) is 0 Å². The number of carbonyl (C=O) groups excluding carboxylic acids is 1. The standard InChI is InChI=1S/C15H14O3/c1-18-14(16)15(17)12-8-4-2-6-10(12)11-7-3-5-9-13(11)15/h2-8,13,17H,9H2,1H3. The van der Waals surface area contributed by atoms with E-state index in [0.717, 1.165) is 11.1 Å². The number of esters is 1. The third-order valence-corrected chi connectivity index (χ3v) is 3.81. The molecule has 2 aliphatic carbocycles. The molecule has 0 bridgehead atoms. The maximum absolute atomic E-state index is 12.0. The number of fused-ring (bicyclic) bond motifs is 3. The van der Waals surface area contributed by atoms with Gasteiger partial charge in [0.2, 0.25) is 0 Å². The molecule has 0 spiro atoms. The van der Waals surface area contributed by atoms with Gasteiger partial charge < -0.3 is 9.84 Å². The number of benzene rings is 1. The molecule has 0 saturated carbocycles. The molecule has 0 saturated heterocycles. The van der Waals surface area contributed by atoms with Crippen LogP contribution in [0.2, 0.25) is 0 Å². The van der Waals surface area contributed by atoms with E-state index in [2.05, 4.69) is 0 Å². The van der Waals surface area contributed by atoms with Gasteiger partial charge in [-0.15, -0.1) is 0 Å². The third-order valence-electron chi connectivity index (χ3n) is 3.81. The fourth-order valence-corrected chi connectivity index (χ4v) is 2.97. The van der Waals surface area contributed by atoms with Crippen molar-refractivity contribution in [1.82, 2.24) is 0 Å². The second kappa shape index (κ2) is 3.82. The summed E-state index contributed by atoms with van der Waals surface area (Å²) in [6, 6.07) is 7.48. The van der Waals surface area contributed by atoms with Crippen molar-refractivity contribution >= 4 is 11.5 Å². The van der Waals surface area contributed by atoms with Crippen molar-refractivity contribution in [2.75, 3.05) is 7.11 Å². The predicted molar refractivity (Wildman–Crippen MR) is 67.6 cm³/mol. The highest BCUT2D eigenvalue weighted by Gasteiger charge is 2.54. The number of hydrogen-bond donors (Lipinski definition) is 1. The Labute approximate surface area is 105 Å². The number of allylic oxidation sites excluding steroid dienone is 3. The molecule has 0 radical (unpaired) electrons. The van der Waals surface area contributed by atoms with Crippen molar-refractivity contribution in [3.63, 3.8) is 0 Å². The minimum atomic E-state index is -1.55. The predicted octanol–water partition coefficient (Wildman–Crippen LogP) is 2.02. The van der Waals surface area contributed by atoms with E-state index >= 15 is 0 Å². The first-order valence-electron chi connectivity index (χ1n) is 5.97. The van der Waals surface area contributed by atoms with Crippen LogP contribution >= 0.6 is 0 Å². The Hall–Kier alpha value is -1.87. The van der Waals surface area contributed by atoms with Gasteiger partial charge in [0, 0.05) is 11.5 Å². The van der Waals surface area contributed by atoms with Crippen LogP contribution in [0, 0.1) is 5.92 Å². The van der Waals surface area contributed by atoms with E-state index in [0.29, 0.717) is 12.0 Å². The summed E-state index contributed by atoms with van der Waals surface area (Å²) in [5.41, 5.74) is 1.06. The Morgan fingerprint density at radius 1 is 1.44 bits per heavy atom. The second-order valence-corrected chi connectivity index (χ2v) is 4.64. The van der Waals surface area contributed by atoms with Gasteiger partial charge in [-0.1, -0.05) is 42.5 Å². The SMILES string of the molecule is COC(=O)C1(O)c2ccccc2C2=CC=CCC21. The van der Waals surface area contributed by atoms with Gasteiger partial charge in [-0.25, -0.2) is 4.79 Å². The van der Waals surface area contributed by atoms with Crippen molar-refractivity contribution in [3.8, 4) is 0 Å². The summed E-state index contributed by atoms with van der Waals surface area (Å²) < 4.78 is 4.80. The average molecular weight is 242 g/mol. The molecule has 1 N–H and O–H groups in total. The first-order chi connectivity index (χ1) is 8.69. The molecule has 3 rings (SSSR count). The summed E-state index contributed by atoms with van der Waals surface area (Å²) in [6.07, 6.45) is 6.54. The van der Waals surface area contributed by atoms with Crippen LogP contribution in [0.4, 0.5) is 0 Å². The van der Waals surface area contributed by atoms with Crippen LogP contribution in [0.1, 0.15) is 17.5 Å². The van der Waals surface area contributed by atoms with Crippen LogP contribution in [-0.2, 0) is 15.1 Å². The molecule has 0 fully saturated rings. The zero-order chi connectivity index (χ0) is 12.8. The van der Waals surface area contributed by atoms with Crippen molar-refractivity contribution in [1.29, 1.82) is 0 Å². The number of methoxy groups -OCH3 is 1. The average Bonchev–Trinajstić information content (AvgIpc) is 2.70. The molecular weight excluding hydrogens is 228 g/mol. The number of hydrogen-bond acceptors (Lipinski definition) is 3. The summed E-state index contributed by atoms with van der Waals surface area (Å²) in [6.45, 7) is 0. The van der Waals surface area contributed by atoms with Gasteiger partial charge in [0.25, 0.3) is 0 Å². The van der Waals surface area contributed by atoms with E-state index in [-0.39, 0.29) is 5.92 Å². The molecule has 92 valence electrons. The maximum Gasteiger partial charge on any atom is 0.343 e. The monoisotopic (exact) mass is 242 g/mol. The smallest absolute Gasteiger partial charge is 0.343 e. The summed E-state index contributed by atoms with van der Waals surface area (Å²) in [7, 11) is 1.31. The summed E-state index contributed by atoms with van der Waals surface area (Å²) >= 11 is 0. The van der Waals surface area contributed by atoms with Gasteiger partial charge in [-0.05, 0) is 17.6 Å². The molecule has 2 aliphatic rings. The van der Waals surface area contributed by atoms with E-state index in [1.54, 1.807) is 6.07 Å². The highest BCUT2D eigenvalue weighted by Crippen LogP contribution is 2.51. The second-order valence-electron chi connectivity index (χ2n) is 4.64. The highest BCUT2D eigenvalue weighted by molar-refractivity contribution is 5.93. The van der Waals surface area contributed by atoms with E-state index < -0.39 is 11.6 Å². The van der Waals surface area contributed by atoms with E-state index in [9.17, 15) is 9.90 Å². The van der Waals surface area contributed by atoms with Crippen molar-refractivity contribution in [2.24, 2.45) is 5.92 Å². The quantitative estimate of drug-likeness (QED) is 0.766. The van der Waals surface area contributed by atoms with Gasteiger partial charge in [0.1, 0.15) is 0 Å². The highest BCUT2D eigenvalue weighted by atomic mass is 16.5. The molecule has 1 aromatic rings. The molecule has 0 aromatic heterocycles. The Morgan fingerprint density at radius 2 is 2.22 bits per heavy atom. The normalized spacial score (nSPS) is 28.3. The Morgan fingerprint density at radius 3 is 3.00 bits per heavy atom. The topological polar surface area (TPSA) is 46.5 Å². The Bertz CT molecular complexity index is 571. The lowest BCUT2D eigenvalue weighted by atomic mass is 9.81. The van der Waals surface area contributed by atoms with Crippen molar-refractivity contribution in [3.05, 3.63) is 53.6 Å². The molecule has 0 heterocycles. The first kappa shape index (κ1) is 11.2. The minimum absolute atomic E-state index is 0.243. The molecular formula is C15H14O3. The lowest BCUT2D eigenvalue weighted by Gasteiger charge is -2.28. The summed E-state index contributed by atoms with van der Waals surface area (Å²) in [5.74, 6) is -0.828. The Balaban J connectivity index is 2.25. The van der Waals surface area contributed by atoms with Crippen LogP contribution in [-0.4, -0.2) is 18.2 Å². The molecule has 1 aromatic carbocycles. The van der Waals surface area contributed by atoms with Gasteiger partial charge in [0.05, 0.1) is 7.11 Å². The van der Waals surface area contributed by atoms with Crippen molar-refractivity contribution in [2.45, 2.75) is 12.0 Å². The Kier molecular flexibility index (Phi) is 2.38. The lowest BCUT2D eigenvalue weighted by Crippen LogP contribution is -2.41. The summed E-state index contributed by atoms with van der Waals surface area (Å²) in [4.78, 5) is 12.0. The largest absolute Gasteiger partial charge is 0.467 e. The molecule has 3 nitrogen and oxygen atoms in total. The fraction of sp³-hybridized carbons (Fsp3) is 0.267. The van der Waals surface area contributed by atoms with E-state index in [1.807, 2.05) is 36.4 Å². The van der Waals surface area contributed by atoms with Gasteiger partial charge in [-0.3, -0.25) is 0 Å². The summed E-state index contributed by atoms with van der Waals surface area (Å²) in [5, 5.41) is 10.9. The molecule has 2 unspecified atom stereocenters. The van der Waals surface area contributed by atoms with Crippen molar-refractivity contribution < 1.29 is 14.6 Å². The molecule has 3 heteroatoms. The molecule has 2 atom stereocenters. The zero-order valence-corrected chi connectivity index (χ0v) is 10.1. The molecule has 0 amide bonds.